The number of imidazole rings is 1. The number of halogens is 2. The fourth-order valence-corrected chi connectivity index (χ4v) is 2.43. The molecule has 0 unspecified atom stereocenters. The lowest BCUT2D eigenvalue weighted by Crippen LogP contribution is -1.82. The Morgan fingerprint density at radius 3 is 2.74 bits per heavy atom. The van der Waals surface area contributed by atoms with Crippen LogP contribution in [0.4, 0.5) is 5.82 Å². The predicted molar refractivity (Wildman–Crippen MR) is 76.1 cm³/mol. The lowest BCUT2D eigenvalue weighted by atomic mass is 10.1. The van der Waals surface area contributed by atoms with Crippen LogP contribution in [0.5, 0.6) is 0 Å². The Morgan fingerprint density at radius 2 is 2.00 bits per heavy atom. The molecule has 0 spiro atoms. The number of nitroso groups, excluding NO2 is 1. The minimum absolute atomic E-state index is 0.222. The van der Waals surface area contributed by atoms with E-state index in [0.717, 1.165) is 0 Å². The second kappa shape index (κ2) is 4.64. The van der Waals surface area contributed by atoms with Crippen molar-refractivity contribution in [3.63, 3.8) is 0 Å². The molecule has 0 fully saturated rings. The van der Waals surface area contributed by atoms with Crippen LogP contribution in [0, 0.1) is 4.91 Å². The highest BCUT2D eigenvalue weighted by Gasteiger charge is 2.16. The Morgan fingerprint density at radius 1 is 1.16 bits per heavy atom. The molecule has 0 aliphatic carbocycles. The Balaban J connectivity index is 2.33. The molecular weight excluding hydrogens is 285 g/mol. The van der Waals surface area contributed by atoms with Gasteiger partial charge in [-0.3, -0.25) is 4.40 Å². The average Bonchev–Trinajstić information content (AvgIpc) is 2.76. The van der Waals surface area contributed by atoms with Gasteiger partial charge in [0, 0.05) is 16.8 Å². The third-order valence-electron chi connectivity index (χ3n) is 2.78. The number of benzene rings is 1. The largest absolute Gasteiger partial charge is 0.281 e. The fourth-order valence-electron chi connectivity index (χ4n) is 1.93. The molecule has 0 aliphatic heterocycles. The molecule has 0 aliphatic rings. The highest BCUT2D eigenvalue weighted by molar-refractivity contribution is 6.36. The van der Waals surface area contributed by atoms with Crippen LogP contribution in [0.2, 0.25) is 10.0 Å². The number of hydrogen-bond donors (Lipinski definition) is 0. The summed E-state index contributed by atoms with van der Waals surface area (Å²) in [5.41, 5.74) is 1.71. The van der Waals surface area contributed by atoms with Crippen LogP contribution in [-0.4, -0.2) is 9.38 Å². The van der Waals surface area contributed by atoms with Crippen molar-refractivity contribution in [3.05, 3.63) is 57.5 Å². The average molecular weight is 292 g/mol. The lowest BCUT2D eigenvalue weighted by Gasteiger charge is -2.01. The molecule has 3 rings (SSSR count). The van der Waals surface area contributed by atoms with E-state index in [1.165, 1.54) is 0 Å². The van der Waals surface area contributed by atoms with Gasteiger partial charge in [-0.2, -0.15) is 0 Å². The van der Waals surface area contributed by atoms with Gasteiger partial charge in [0.15, 0.2) is 0 Å². The number of fused-ring (bicyclic) bond motifs is 1. The monoisotopic (exact) mass is 291 g/mol. The summed E-state index contributed by atoms with van der Waals surface area (Å²) in [6.45, 7) is 0. The summed E-state index contributed by atoms with van der Waals surface area (Å²) in [5, 5.41) is 4.01. The number of rotatable bonds is 2. The number of aromatic nitrogens is 2. The van der Waals surface area contributed by atoms with Gasteiger partial charge in [-0.15, -0.1) is 4.91 Å². The summed E-state index contributed by atoms with van der Waals surface area (Å²) in [4.78, 5) is 15.5. The molecule has 6 heteroatoms. The second-order valence-electron chi connectivity index (χ2n) is 3.93. The van der Waals surface area contributed by atoms with Crippen LogP contribution < -0.4 is 0 Å². The first-order valence-electron chi connectivity index (χ1n) is 5.46. The van der Waals surface area contributed by atoms with Gasteiger partial charge < -0.3 is 0 Å². The molecule has 94 valence electrons. The van der Waals surface area contributed by atoms with Gasteiger partial charge in [0.2, 0.25) is 5.82 Å². The van der Waals surface area contributed by atoms with Crippen LogP contribution in [-0.2, 0) is 0 Å². The zero-order valence-corrected chi connectivity index (χ0v) is 11.1. The molecule has 0 saturated heterocycles. The Bertz CT molecular complexity index is 783. The topological polar surface area (TPSA) is 46.7 Å². The minimum Gasteiger partial charge on any atom is -0.281 e. The number of nitrogens with zero attached hydrogens (tertiary/aromatic N) is 3. The SMILES string of the molecule is O=Nc1c(-c2ccc(Cl)cc2Cl)nc2ccccn12. The van der Waals surface area contributed by atoms with Crippen LogP contribution in [0.3, 0.4) is 0 Å². The van der Waals surface area contributed by atoms with Crippen molar-refractivity contribution in [1.29, 1.82) is 0 Å². The van der Waals surface area contributed by atoms with Crippen LogP contribution in [0.25, 0.3) is 16.9 Å². The van der Waals surface area contributed by atoms with E-state index in [1.807, 2.05) is 6.07 Å². The van der Waals surface area contributed by atoms with E-state index in [9.17, 15) is 4.91 Å². The zero-order chi connectivity index (χ0) is 13.4. The molecule has 0 atom stereocenters. The third kappa shape index (κ3) is 1.99. The number of pyridine rings is 1. The van der Waals surface area contributed by atoms with Crippen molar-refractivity contribution in [3.8, 4) is 11.3 Å². The standard InChI is InChI=1S/C13H7Cl2N3O/c14-8-4-5-9(10(15)7-8)12-13(17-19)18-6-2-1-3-11(18)16-12/h1-7H. The van der Waals surface area contributed by atoms with E-state index < -0.39 is 0 Å². The van der Waals surface area contributed by atoms with Crippen molar-refractivity contribution >= 4 is 34.7 Å². The molecule has 3 aromatic rings. The Kier molecular flexibility index (Phi) is 2.97. The van der Waals surface area contributed by atoms with E-state index >= 15 is 0 Å². The maximum absolute atomic E-state index is 11.1. The summed E-state index contributed by atoms with van der Waals surface area (Å²) in [6, 6.07) is 10.5. The van der Waals surface area contributed by atoms with Gasteiger partial charge in [-0.1, -0.05) is 29.3 Å². The van der Waals surface area contributed by atoms with Gasteiger partial charge in [0.05, 0.1) is 5.02 Å². The summed E-state index contributed by atoms with van der Waals surface area (Å²) in [5.74, 6) is 0.222. The molecule has 2 heterocycles. The first-order chi connectivity index (χ1) is 9.20. The third-order valence-corrected chi connectivity index (χ3v) is 3.33. The smallest absolute Gasteiger partial charge is 0.209 e. The van der Waals surface area contributed by atoms with Gasteiger partial charge in [0.25, 0.3) is 0 Å². The molecular formula is C13H7Cl2N3O. The van der Waals surface area contributed by atoms with Crippen LogP contribution >= 0.6 is 23.2 Å². The summed E-state index contributed by atoms with van der Waals surface area (Å²) in [7, 11) is 0. The molecule has 0 amide bonds. The highest BCUT2D eigenvalue weighted by Crippen LogP contribution is 2.36. The Labute approximate surface area is 118 Å². The van der Waals surface area contributed by atoms with E-state index in [-0.39, 0.29) is 5.82 Å². The summed E-state index contributed by atoms with van der Waals surface area (Å²) < 4.78 is 1.62. The van der Waals surface area contributed by atoms with Crippen LogP contribution in [0.15, 0.2) is 47.8 Å². The lowest BCUT2D eigenvalue weighted by molar-refractivity contribution is 1.16. The van der Waals surface area contributed by atoms with E-state index in [2.05, 4.69) is 10.2 Å². The maximum atomic E-state index is 11.1. The molecule has 0 saturated carbocycles. The molecule has 2 aromatic heterocycles. The van der Waals surface area contributed by atoms with Gasteiger partial charge >= 0.3 is 0 Å². The van der Waals surface area contributed by atoms with Crippen molar-refractivity contribution in [2.24, 2.45) is 5.18 Å². The fraction of sp³-hybridized carbons (Fsp3) is 0. The van der Waals surface area contributed by atoms with Crippen molar-refractivity contribution in [2.75, 3.05) is 0 Å². The van der Waals surface area contributed by atoms with Gasteiger partial charge in [-0.25, -0.2) is 4.98 Å². The van der Waals surface area contributed by atoms with Gasteiger partial charge in [0.1, 0.15) is 11.3 Å². The second-order valence-corrected chi connectivity index (χ2v) is 4.77. The van der Waals surface area contributed by atoms with E-state index in [1.54, 1.807) is 40.9 Å². The van der Waals surface area contributed by atoms with Crippen molar-refractivity contribution in [1.82, 2.24) is 9.38 Å². The first-order valence-corrected chi connectivity index (χ1v) is 6.22. The molecule has 0 bridgehead atoms. The molecule has 0 radical (unpaired) electrons. The van der Waals surface area contributed by atoms with Crippen molar-refractivity contribution in [2.45, 2.75) is 0 Å². The predicted octanol–water partition coefficient (Wildman–Crippen LogP) is 4.71. The molecule has 0 N–H and O–H groups in total. The van der Waals surface area contributed by atoms with Crippen LogP contribution in [0.1, 0.15) is 0 Å². The molecule has 19 heavy (non-hydrogen) atoms. The van der Waals surface area contributed by atoms with E-state index in [4.69, 9.17) is 23.2 Å². The summed E-state index contributed by atoms with van der Waals surface area (Å²) in [6.07, 6.45) is 1.73. The van der Waals surface area contributed by atoms with Gasteiger partial charge in [-0.05, 0) is 35.5 Å². The van der Waals surface area contributed by atoms with Crippen molar-refractivity contribution < 1.29 is 0 Å². The quantitative estimate of drug-likeness (QED) is 0.642. The Hall–Kier alpha value is -1.91. The molecule has 1 aromatic carbocycles. The maximum Gasteiger partial charge on any atom is 0.209 e. The minimum atomic E-state index is 0.222. The number of hydrogen-bond acceptors (Lipinski definition) is 3. The zero-order valence-electron chi connectivity index (χ0n) is 9.55. The molecule has 4 nitrogen and oxygen atoms in total. The summed E-state index contributed by atoms with van der Waals surface area (Å²) >= 11 is 12.0. The normalized spacial score (nSPS) is 10.8. The first kappa shape index (κ1) is 12.1. The highest BCUT2D eigenvalue weighted by atomic mass is 35.5. The van der Waals surface area contributed by atoms with E-state index in [0.29, 0.717) is 26.9 Å².